The van der Waals surface area contributed by atoms with E-state index in [4.69, 9.17) is 10.8 Å². The van der Waals surface area contributed by atoms with Crippen LogP contribution in [0.5, 0.6) is 0 Å². The Labute approximate surface area is 92.2 Å². The fourth-order valence-electron chi connectivity index (χ4n) is 1.30. The minimum absolute atomic E-state index is 0.177. The second-order valence-corrected chi connectivity index (χ2v) is 3.27. The van der Waals surface area contributed by atoms with Gasteiger partial charge in [0, 0.05) is 20.3 Å². The number of carbonyl (C=O) groups excluding carboxylic acids is 3. The van der Waals surface area contributed by atoms with Crippen molar-refractivity contribution in [3.63, 3.8) is 0 Å². The summed E-state index contributed by atoms with van der Waals surface area (Å²) in [6.45, 7) is 2.17. The second-order valence-electron chi connectivity index (χ2n) is 3.27. The summed E-state index contributed by atoms with van der Waals surface area (Å²) in [6, 6.07) is -1.34. The normalized spacial score (nSPS) is 11.6. The van der Waals surface area contributed by atoms with Crippen molar-refractivity contribution in [2.24, 2.45) is 5.73 Å². The van der Waals surface area contributed by atoms with E-state index in [2.05, 4.69) is 0 Å². The molecule has 90 valence electrons. The number of nitrogens with zero attached hydrogens (tertiary/aromatic N) is 1. The summed E-state index contributed by atoms with van der Waals surface area (Å²) in [5, 5.41) is 8.86. The number of carboxylic acid groups (broad SMARTS) is 1. The lowest BCUT2D eigenvalue weighted by Gasteiger charge is -2.24. The first-order valence-electron chi connectivity index (χ1n) is 4.58. The van der Waals surface area contributed by atoms with Gasteiger partial charge in [0.15, 0.2) is 0 Å². The molecule has 0 aromatic heterocycles. The van der Waals surface area contributed by atoms with Crippen molar-refractivity contribution in [2.75, 3.05) is 0 Å². The Morgan fingerprint density at radius 3 is 1.88 bits per heavy atom. The minimum Gasteiger partial charge on any atom is -0.480 e. The molecule has 0 saturated carbocycles. The lowest BCUT2D eigenvalue weighted by molar-refractivity contribution is -0.157. The molecule has 0 aromatic rings. The number of nitrogens with two attached hydrogens (primary N) is 1. The van der Waals surface area contributed by atoms with Gasteiger partial charge in [-0.15, -0.1) is 0 Å². The van der Waals surface area contributed by atoms with Crippen LogP contribution in [-0.4, -0.2) is 39.7 Å². The van der Waals surface area contributed by atoms with Gasteiger partial charge in [-0.2, -0.15) is 0 Å². The molecule has 0 saturated heterocycles. The number of hydrogen-bond acceptors (Lipinski definition) is 4. The number of primary amides is 1. The summed E-state index contributed by atoms with van der Waals surface area (Å²) in [4.78, 5) is 44.2. The molecule has 0 aromatic carbocycles. The quantitative estimate of drug-likeness (QED) is 0.634. The van der Waals surface area contributed by atoms with Crippen molar-refractivity contribution in [2.45, 2.75) is 32.7 Å². The molecule has 0 aliphatic heterocycles. The number of hydrogen-bond donors (Lipinski definition) is 2. The highest BCUT2D eigenvalue weighted by atomic mass is 16.4. The fourth-order valence-corrected chi connectivity index (χ4v) is 1.30. The molecule has 0 radical (unpaired) electrons. The lowest BCUT2D eigenvalue weighted by Crippen LogP contribution is -2.47. The molecule has 0 fully saturated rings. The van der Waals surface area contributed by atoms with E-state index in [-0.39, 0.29) is 12.8 Å². The zero-order valence-electron chi connectivity index (χ0n) is 9.10. The molecule has 0 aliphatic carbocycles. The molecule has 3 amide bonds. The predicted octanol–water partition coefficient (Wildman–Crippen LogP) is -0.900. The third-order valence-electron chi connectivity index (χ3n) is 1.94. The number of amides is 3. The van der Waals surface area contributed by atoms with Gasteiger partial charge >= 0.3 is 5.97 Å². The van der Waals surface area contributed by atoms with Crippen LogP contribution in [0.25, 0.3) is 0 Å². The average molecular weight is 230 g/mol. The first kappa shape index (κ1) is 14.1. The molecule has 7 heteroatoms. The third kappa shape index (κ3) is 4.07. The van der Waals surface area contributed by atoms with Crippen molar-refractivity contribution in [1.82, 2.24) is 4.90 Å². The van der Waals surface area contributed by atoms with Gasteiger partial charge in [0.1, 0.15) is 6.04 Å². The van der Waals surface area contributed by atoms with E-state index in [0.29, 0.717) is 4.90 Å². The largest absolute Gasteiger partial charge is 0.480 e. The Morgan fingerprint density at radius 1 is 1.19 bits per heavy atom. The number of rotatable bonds is 5. The zero-order valence-corrected chi connectivity index (χ0v) is 9.10. The number of imide groups is 1. The zero-order chi connectivity index (χ0) is 12.9. The summed E-state index contributed by atoms with van der Waals surface area (Å²) >= 11 is 0. The van der Waals surface area contributed by atoms with Crippen LogP contribution in [0.15, 0.2) is 0 Å². The highest BCUT2D eigenvalue weighted by Crippen LogP contribution is 2.08. The van der Waals surface area contributed by atoms with Gasteiger partial charge in [-0.05, 0) is 6.42 Å². The van der Waals surface area contributed by atoms with Crippen LogP contribution < -0.4 is 5.73 Å². The highest BCUT2D eigenvalue weighted by molar-refractivity contribution is 5.97. The topological polar surface area (TPSA) is 118 Å². The molecule has 0 unspecified atom stereocenters. The Morgan fingerprint density at radius 2 is 1.62 bits per heavy atom. The summed E-state index contributed by atoms with van der Waals surface area (Å²) in [5.74, 6) is -3.38. The van der Waals surface area contributed by atoms with Crippen molar-refractivity contribution < 1.29 is 24.3 Å². The van der Waals surface area contributed by atoms with Crippen molar-refractivity contribution in [1.29, 1.82) is 0 Å². The van der Waals surface area contributed by atoms with Gasteiger partial charge in [0.05, 0.1) is 0 Å². The van der Waals surface area contributed by atoms with Gasteiger partial charge in [-0.3, -0.25) is 19.3 Å². The third-order valence-corrected chi connectivity index (χ3v) is 1.94. The van der Waals surface area contributed by atoms with Gasteiger partial charge < -0.3 is 10.8 Å². The van der Waals surface area contributed by atoms with Gasteiger partial charge in [-0.1, -0.05) is 0 Å². The average Bonchev–Trinajstić information content (AvgIpc) is 2.09. The second kappa shape index (κ2) is 5.84. The smallest absolute Gasteiger partial charge is 0.326 e. The Hall–Kier alpha value is -1.92. The van der Waals surface area contributed by atoms with Crippen LogP contribution in [-0.2, 0) is 19.2 Å². The van der Waals surface area contributed by atoms with Crippen molar-refractivity contribution in [3.8, 4) is 0 Å². The molecule has 16 heavy (non-hydrogen) atoms. The molecule has 0 aliphatic rings. The van der Waals surface area contributed by atoms with Crippen LogP contribution in [0.2, 0.25) is 0 Å². The summed E-state index contributed by atoms with van der Waals surface area (Å²) in [6.07, 6.45) is -0.377. The van der Waals surface area contributed by atoms with E-state index < -0.39 is 29.7 Å². The van der Waals surface area contributed by atoms with Crippen molar-refractivity contribution >= 4 is 23.7 Å². The molecule has 0 heterocycles. The van der Waals surface area contributed by atoms with E-state index >= 15 is 0 Å². The minimum atomic E-state index is -1.34. The fraction of sp³-hybridized carbons (Fsp3) is 0.556. The van der Waals surface area contributed by atoms with Crippen LogP contribution in [0.1, 0.15) is 26.7 Å². The van der Waals surface area contributed by atoms with Crippen LogP contribution >= 0.6 is 0 Å². The van der Waals surface area contributed by atoms with E-state index in [0.717, 1.165) is 13.8 Å². The summed E-state index contributed by atoms with van der Waals surface area (Å²) in [7, 11) is 0. The molecule has 3 N–H and O–H groups in total. The van der Waals surface area contributed by atoms with Crippen LogP contribution in [0, 0.1) is 0 Å². The molecule has 0 spiro atoms. The first-order chi connectivity index (χ1) is 7.27. The molecule has 7 nitrogen and oxygen atoms in total. The molecule has 1 atom stereocenters. The lowest BCUT2D eigenvalue weighted by atomic mass is 10.1. The van der Waals surface area contributed by atoms with Crippen molar-refractivity contribution in [3.05, 3.63) is 0 Å². The summed E-state index contributed by atoms with van der Waals surface area (Å²) < 4.78 is 0. The number of carboxylic acids is 1. The maximum Gasteiger partial charge on any atom is 0.326 e. The monoisotopic (exact) mass is 230 g/mol. The molecular formula is C9H14N2O5. The van der Waals surface area contributed by atoms with Crippen LogP contribution in [0.3, 0.4) is 0 Å². The maximum absolute atomic E-state index is 11.1. The van der Waals surface area contributed by atoms with E-state index in [9.17, 15) is 19.2 Å². The first-order valence-corrected chi connectivity index (χ1v) is 4.58. The Bertz CT molecular complexity index is 312. The van der Waals surface area contributed by atoms with Crippen LogP contribution in [0.4, 0.5) is 0 Å². The predicted molar refractivity (Wildman–Crippen MR) is 53.1 cm³/mol. The number of aliphatic carboxylic acids is 1. The van der Waals surface area contributed by atoms with E-state index in [1.54, 1.807) is 0 Å². The summed E-state index contributed by atoms with van der Waals surface area (Å²) in [5.41, 5.74) is 4.87. The molecular weight excluding hydrogens is 216 g/mol. The maximum atomic E-state index is 11.1. The van der Waals surface area contributed by atoms with E-state index in [1.165, 1.54) is 0 Å². The standard InChI is InChI=1S/C9H14N2O5/c1-5(12)11(6(2)13)7(9(15)16)3-4-8(10)14/h7H,3-4H2,1-2H3,(H2,10,14)(H,15,16)/t7-/m0/s1. The molecule has 0 rings (SSSR count). The number of carbonyl (C=O) groups is 4. The van der Waals surface area contributed by atoms with E-state index in [1.807, 2.05) is 0 Å². The Kier molecular flexibility index (Phi) is 5.14. The van der Waals surface area contributed by atoms with Gasteiger partial charge in [-0.25, -0.2) is 4.79 Å². The Balaban J connectivity index is 4.86. The molecule has 0 bridgehead atoms. The van der Waals surface area contributed by atoms with Gasteiger partial charge in [0.25, 0.3) is 0 Å². The SMILES string of the molecule is CC(=O)N(C(C)=O)[C@@H](CCC(N)=O)C(=O)O. The highest BCUT2D eigenvalue weighted by Gasteiger charge is 2.30. The van der Waals surface area contributed by atoms with Gasteiger partial charge in [0.2, 0.25) is 17.7 Å².